The number of nitrogens with zero attached hydrogens (tertiary/aromatic N) is 1. The van der Waals surface area contributed by atoms with Crippen LogP contribution in [0.15, 0.2) is 24.3 Å². The van der Waals surface area contributed by atoms with Gasteiger partial charge in [-0.3, -0.25) is 4.79 Å². The number of nitrogens with one attached hydrogen (secondary N) is 2. The van der Waals surface area contributed by atoms with Crippen LogP contribution >= 0.6 is 0 Å². The average molecular weight is 364 g/mol. The van der Waals surface area contributed by atoms with E-state index in [9.17, 15) is 9.59 Å². The molecule has 0 aromatic heterocycles. The monoisotopic (exact) mass is 363 g/mol. The molecule has 0 radical (unpaired) electrons. The van der Waals surface area contributed by atoms with E-state index in [1.54, 1.807) is 25.2 Å². The lowest BCUT2D eigenvalue weighted by Crippen LogP contribution is -2.36. The zero-order valence-electron chi connectivity index (χ0n) is 16.3. The van der Waals surface area contributed by atoms with Crippen LogP contribution in [0.3, 0.4) is 0 Å². The van der Waals surface area contributed by atoms with Gasteiger partial charge in [0, 0.05) is 31.3 Å². The maximum atomic E-state index is 11.9. The Balaban J connectivity index is 2.39. The normalized spacial score (nSPS) is 10.6. The third kappa shape index (κ3) is 8.34. The number of hydrogen-bond donors (Lipinski definition) is 2. The van der Waals surface area contributed by atoms with Crippen molar-refractivity contribution in [2.24, 2.45) is 0 Å². The molecule has 0 aliphatic heterocycles. The van der Waals surface area contributed by atoms with Gasteiger partial charge in [-0.15, -0.1) is 0 Å². The molecule has 0 unspecified atom stereocenters. The molecule has 0 fully saturated rings. The van der Waals surface area contributed by atoms with Gasteiger partial charge in [0.05, 0.1) is 0 Å². The van der Waals surface area contributed by atoms with E-state index in [1.165, 1.54) is 25.7 Å². The Kier molecular flexibility index (Phi) is 11.1. The molecular formula is C20H33N3O3. The largest absolute Gasteiger partial charge is 0.445 e. The van der Waals surface area contributed by atoms with Crippen LogP contribution in [0.1, 0.15) is 55.5 Å². The first-order valence-corrected chi connectivity index (χ1v) is 9.55. The van der Waals surface area contributed by atoms with Gasteiger partial charge < -0.3 is 20.3 Å². The molecule has 6 heteroatoms. The van der Waals surface area contributed by atoms with Crippen LogP contribution in [0.2, 0.25) is 0 Å². The molecule has 0 aliphatic carbocycles. The van der Waals surface area contributed by atoms with Crippen LogP contribution < -0.4 is 10.6 Å². The topological polar surface area (TPSA) is 70.7 Å². The summed E-state index contributed by atoms with van der Waals surface area (Å²) in [7, 11) is 1.58. The lowest BCUT2D eigenvalue weighted by atomic mass is 10.1. The number of carbonyl (C=O) groups excluding carboxylic acids is 2. The van der Waals surface area contributed by atoms with Crippen LogP contribution in [0.25, 0.3) is 0 Å². The molecule has 1 aromatic carbocycles. The number of benzene rings is 1. The summed E-state index contributed by atoms with van der Waals surface area (Å²) in [5.74, 6) is -0.188. The van der Waals surface area contributed by atoms with Gasteiger partial charge in [0.1, 0.15) is 6.61 Å². The van der Waals surface area contributed by atoms with E-state index in [0.717, 1.165) is 19.6 Å². The molecule has 6 nitrogen and oxygen atoms in total. The maximum absolute atomic E-state index is 11.9. The summed E-state index contributed by atoms with van der Waals surface area (Å²) in [5.41, 5.74) is 1.21. The minimum Gasteiger partial charge on any atom is -0.445 e. The molecule has 0 bridgehead atoms. The lowest BCUT2D eigenvalue weighted by Gasteiger charge is -2.22. The Hall–Kier alpha value is -2.08. The predicted octanol–water partition coefficient (Wildman–Crippen LogP) is 3.17. The smallest absolute Gasteiger partial charge is 0.407 e. The fourth-order valence-corrected chi connectivity index (χ4v) is 2.61. The van der Waals surface area contributed by atoms with Crippen molar-refractivity contribution in [2.75, 3.05) is 33.2 Å². The third-order valence-electron chi connectivity index (χ3n) is 4.20. The van der Waals surface area contributed by atoms with Crippen LogP contribution in [0.5, 0.6) is 0 Å². The van der Waals surface area contributed by atoms with Gasteiger partial charge in [0.25, 0.3) is 5.91 Å². The molecular weight excluding hydrogens is 330 g/mol. The summed E-state index contributed by atoms with van der Waals surface area (Å²) in [6, 6.07) is 7.11. The highest BCUT2D eigenvalue weighted by Gasteiger charge is 2.11. The lowest BCUT2D eigenvalue weighted by molar-refractivity contribution is 0.0956. The predicted molar refractivity (Wildman–Crippen MR) is 104 cm³/mol. The highest BCUT2D eigenvalue weighted by molar-refractivity contribution is 5.95. The van der Waals surface area contributed by atoms with Crippen molar-refractivity contribution >= 4 is 12.0 Å². The van der Waals surface area contributed by atoms with E-state index in [1.807, 2.05) is 6.07 Å². The third-order valence-corrected chi connectivity index (χ3v) is 4.20. The number of carbonyl (C=O) groups is 2. The zero-order chi connectivity index (χ0) is 19.2. The van der Waals surface area contributed by atoms with Gasteiger partial charge >= 0.3 is 6.09 Å². The van der Waals surface area contributed by atoms with Crippen LogP contribution in [0, 0.1) is 0 Å². The van der Waals surface area contributed by atoms with Gasteiger partial charge in [0.2, 0.25) is 0 Å². The number of unbranched alkanes of at least 4 members (excludes halogenated alkanes) is 2. The summed E-state index contributed by atoms with van der Waals surface area (Å²) in [6.07, 6.45) is 4.23. The quantitative estimate of drug-likeness (QED) is 0.598. The zero-order valence-corrected chi connectivity index (χ0v) is 16.3. The minimum atomic E-state index is -0.456. The Morgan fingerprint density at radius 2 is 1.69 bits per heavy atom. The number of ether oxygens (including phenoxy) is 1. The molecule has 2 N–H and O–H groups in total. The first-order chi connectivity index (χ1) is 12.6. The summed E-state index contributed by atoms with van der Waals surface area (Å²) in [6.45, 7) is 7.95. The maximum Gasteiger partial charge on any atom is 0.407 e. The Morgan fingerprint density at radius 1 is 1.04 bits per heavy atom. The summed E-state index contributed by atoms with van der Waals surface area (Å²) in [4.78, 5) is 26.1. The molecule has 1 rings (SSSR count). The van der Waals surface area contributed by atoms with Crippen LogP contribution in [-0.4, -0.2) is 50.1 Å². The van der Waals surface area contributed by atoms with Crippen LogP contribution in [-0.2, 0) is 11.3 Å². The van der Waals surface area contributed by atoms with Crippen molar-refractivity contribution < 1.29 is 14.3 Å². The molecule has 0 spiro atoms. The summed E-state index contributed by atoms with van der Waals surface area (Å²) >= 11 is 0. The van der Waals surface area contributed by atoms with Crippen molar-refractivity contribution in [1.29, 1.82) is 0 Å². The van der Waals surface area contributed by atoms with Gasteiger partial charge in [0.15, 0.2) is 0 Å². The fourth-order valence-electron chi connectivity index (χ4n) is 2.61. The molecule has 0 saturated carbocycles. The molecule has 2 amide bonds. The molecule has 26 heavy (non-hydrogen) atoms. The van der Waals surface area contributed by atoms with Gasteiger partial charge in [-0.1, -0.05) is 44.9 Å². The molecule has 0 heterocycles. The second-order valence-electron chi connectivity index (χ2n) is 6.29. The highest BCUT2D eigenvalue weighted by Crippen LogP contribution is 2.10. The molecule has 0 atom stereocenters. The SMILES string of the molecule is CCCCN(CCCC)CCNC(=O)OCc1ccccc1C(=O)NC. The Labute approximate surface area is 157 Å². The van der Waals surface area contributed by atoms with E-state index < -0.39 is 6.09 Å². The van der Waals surface area contributed by atoms with Crippen LogP contribution in [0.4, 0.5) is 4.79 Å². The van der Waals surface area contributed by atoms with E-state index >= 15 is 0 Å². The number of amides is 2. The second kappa shape index (κ2) is 13.2. The molecule has 0 aliphatic rings. The Bertz CT molecular complexity index is 541. The summed E-state index contributed by atoms with van der Waals surface area (Å²) in [5, 5.41) is 5.38. The van der Waals surface area contributed by atoms with E-state index in [2.05, 4.69) is 29.4 Å². The van der Waals surface area contributed by atoms with E-state index in [0.29, 0.717) is 17.7 Å². The minimum absolute atomic E-state index is 0.0742. The number of alkyl carbamates (subject to hydrolysis) is 1. The average Bonchev–Trinajstić information content (AvgIpc) is 2.67. The van der Waals surface area contributed by atoms with Gasteiger partial charge in [-0.25, -0.2) is 4.79 Å². The Morgan fingerprint density at radius 3 is 2.31 bits per heavy atom. The highest BCUT2D eigenvalue weighted by atomic mass is 16.5. The fraction of sp³-hybridized carbons (Fsp3) is 0.600. The molecule has 0 saturated heterocycles. The van der Waals surface area contributed by atoms with E-state index in [-0.39, 0.29) is 12.5 Å². The van der Waals surface area contributed by atoms with Gasteiger partial charge in [-0.05, 0) is 32.0 Å². The van der Waals surface area contributed by atoms with E-state index in [4.69, 9.17) is 4.74 Å². The van der Waals surface area contributed by atoms with Crippen molar-refractivity contribution in [3.63, 3.8) is 0 Å². The number of rotatable bonds is 12. The first-order valence-electron chi connectivity index (χ1n) is 9.55. The van der Waals surface area contributed by atoms with Crippen molar-refractivity contribution in [3.8, 4) is 0 Å². The van der Waals surface area contributed by atoms with Crippen molar-refractivity contribution in [1.82, 2.24) is 15.5 Å². The standard InChI is InChI=1S/C20H33N3O3/c1-4-6-13-23(14-7-5-2)15-12-22-20(25)26-16-17-10-8-9-11-18(17)19(24)21-3/h8-11H,4-7,12-16H2,1-3H3,(H,21,24)(H,22,25). The second-order valence-corrected chi connectivity index (χ2v) is 6.29. The van der Waals surface area contributed by atoms with Crippen molar-refractivity contribution in [2.45, 2.75) is 46.1 Å². The molecule has 1 aromatic rings. The van der Waals surface area contributed by atoms with Crippen molar-refractivity contribution in [3.05, 3.63) is 35.4 Å². The molecule has 146 valence electrons. The number of hydrogen-bond acceptors (Lipinski definition) is 4. The van der Waals surface area contributed by atoms with Gasteiger partial charge in [-0.2, -0.15) is 0 Å². The first kappa shape index (κ1) is 22.0. The summed E-state index contributed by atoms with van der Waals surface area (Å²) < 4.78 is 5.26.